The molecule has 2 aromatic heterocycles. The van der Waals surface area contributed by atoms with Crippen molar-refractivity contribution in [1.29, 1.82) is 0 Å². The van der Waals surface area contributed by atoms with Crippen LogP contribution in [0.2, 0.25) is 5.02 Å². The summed E-state index contributed by atoms with van der Waals surface area (Å²) in [5.41, 5.74) is 3.02. The SMILES string of the molecule is Cc1nnc(NCc2cccc3[nH]c(NC(C)(C)c4ccc(F)c(Cl)c4)nc23)o1. The lowest BCUT2D eigenvalue weighted by Gasteiger charge is -2.26. The molecule has 150 valence electrons. The van der Waals surface area contributed by atoms with E-state index in [1.165, 1.54) is 6.07 Å². The Balaban J connectivity index is 1.57. The molecule has 0 atom stereocenters. The normalized spacial score (nSPS) is 11.8. The Morgan fingerprint density at radius 1 is 1.21 bits per heavy atom. The second-order valence-corrected chi connectivity index (χ2v) is 7.66. The predicted octanol–water partition coefficient (Wildman–Crippen LogP) is 5.01. The molecule has 0 fully saturated rings. The molecule has 2 aromatic carbocycles. The maximum Gasteiger partial charge on any atom is 0.315 e. The minimum atomic E-state index is -0.523. The number of fused-ring (bicyclic) bond motifs is 1. The van der Waals surface area contributed by atoms with Crippen LogP contribution in [0.25, 0.3) is 11.0 Å². The lowest BCUT2D eigenvalue weighted by molar-refractivity contribution is 0.531. The van der Waals surface area contributed by atoms with Crippen LogP contribution >= 0.6 is 11.6 Å². The minimum absolute atomic E-state index is 0.0894. The van der Waals surface area contributed by atoms with Gasteiger partial charge in [0.25, 0.3) is 0 Å². The van der Waals surface area contributed by atoms with Crippen LogP contribution in [-0.2, 0) is 12.1 Å². The standard InChI is InChI=1S/C20H20ClFN6O/c1-11-27-28-19(29-11)23-10-12-5-4-6-16-17(12)25-18(24-16)26-20(2,3)13-7-8-15(22)14(21)9-13/h4-9H,10H2,1-3H3,(H,23,28)(H2,24,25,26). The number of nitrogens with one attached hydrogen (secondary N) is 3. The van der Waals surface area contributed by atoms with Crippen LogP contribution in [0.5, 0.6) is 0 Å². The number of rotatable bonds is 6. The van der Waals surface area contributed by atoms with Gasteiger partial charge in [0.2, 0.25) is 11.8 Å². The smallest absolute Gasteiger partial charge is 0.315 e. The van der Waals surface area contributed by atoms with Crippen molar-refractivity contribution in [3.05, 3.63) is 64.3 Å². The second kappa shape index (κ2) is 7.36. The van der Waals surface area contributed by atoms with Gasteiger partial charge in [0.05, 0.1) is 21.6 Å². The Morgan fingerprint density at radius 3 is 2.76 bits per heavy atom. The van der Waals surface area contributed by atoms with E-state index in [-0.39, 0.29) is 5.02 Å². The number of benzene rings is 2. The molecule has 7 nitrogen and oxygen atoms in total. The fraction of sp³-hybridized carbons (Fsp3) is 0.250. The first kappa shape index (κ1) is 19.2. The zero-order chi connectivity index (χ0) is 20.6. The molecule has 0 aliphatic rings. The van der Waals surface area contributed by atoms with Gasteiger partial charge in [-0.2, -0.15) is 0 Å². The average Bonchev–Trinajstić information content (AvgIpc) is 3.27. The van der Waals surface area contributed by atoms with Gasteiger partial charge < -0.3 is 20.0 Å². The summed E-state index contributed by atoms with van der Waals surface area (Å²) in [6, 6.07) is 10.9. The van der Waals surface area contributed by atoms with Crippen molar-refractivity contribution in [3.8, 4) is 0 Å². The fourth-order valence-electron chi connectivity index (χ4n) is 3.09. The van der Waals surface area contributed by atoms with Crippen molar-refractivity contribution in [2.45, 2.75) is 32.9 Å². The number of para-hydroxylation sites is 1. The van der Waals surface area contributed by atoms with Crippen LogP contribution in [0.15, 0.2) is 40.8 Å². The number of hydrogen-bond donors (Lipinski definition) is 3. The van der Waals surface area contributed by atoms with Crippen molar-refractivity contribution in [2.75, 3.05) is 10.6 Å². The first-order chi connectivity index (χ1) is 13.8. The molecule has 0 bridgehead atoms. The van der Waals surface area contributed by atoms with Gasteiger partial charge in [-0.05, 0) is 43.2 Å². The van der Waals surface area contributed by atoms with Crippen molar-refractivity contribution < 1.29 is 8.81 Å². The van der Waals surface area contributed by atoms with E-state index in [2.05, 4.69) is 25.8 Å². The Morgan fingerprint density at radius 2 is 2.03 bits per heavy atom. The number of aryl methyl sites for hydroxylation is 1. The van der Waals surface area contributed by atoms with E-state index in [0.29, 0.717) is 24.4 Å². The van der Waals surface area contributed by atoms with Gasteiger partial charge in [-0.1, -0.05) is 34.9 Å². The third-order valence-corrected chi connectivity index (χ3v) is 4.91. The summed E-state index contributed by atoms with van der Waals surface area (Å²) < 4.78 is 18.8. The monoisotopic (exact) mass is 414 g/mol. The van der Waals surface area contributed by atoms with Gasteiger partial charge in [0, 0.05) is 13.5 Å². The molecule has 0 unspecified atom stereocenters. The first-order valence-electron chi connectivity index (χ1n) is 9.07. The maximum absolute atomic E-state index is 13.5. The van der Waals surface area contributed by atoms with E-state index in [1.54, 1.807) is 19.1 Å². The van der Waals surface area contributed by atoms with Crippen LogP contribution in [0.1, 0.15) is 30.9 Å². The summed E-state index contributed by atoms with van der Waals surface area (Å²) in [5.74, 6) is 0.662. The van der Waals surface area contributed by atoms with Crippen LogP contribution in [0.3, 0.4) is 0 Å². The molecule has 0 amide bonds. The Bertz CT molecular complexity index is 1170. The second-order valence-electron chi connectivity index (χ2n) is 7.26. The highest BCUT2D eigenvalue weighted by Crippen LogP contribution is 2.29. The molecule has 4 rings (SSSR count). The van der Waals surface area contributed by atoms with Gasteiger partial charge in [-0.3, -0.25) is 0 Å². The predicted molar refractivity (Wildman–Crippen MR) is 111 cm³/mol. The zero-order valence-corrected chi connectivity index (χ0v) is 16.9. The third kappa shape index (κ3) is 4.02. The van der Waals surface area contributed by atoms with Crippen molar-refractivity contribution in [2.24, 2.45) is 0 Å². The molecular weight excluding hydrogens is 395 g/mol. The largest absolute Gasteiger partial charge is 0.408 e. The molecule has 0 aliphatic carbocycles. The van der Waals surface area contributed by atoms with E-state index in [1.807, 2.05) is 32.0 Å². The fourth-order valence-corrected chi connectivity index (χ4v) is 3.27. The summed E-state index contributed by atoms with van der Waals surface area (Å²) >= 11 is 5.94. The van der Waals surface area contributed by atoms with Crippen LogP contribution < -0.4 is 10.6 Å². The molecule has 0 saturated heterocycles. The zero-order valence-electron chi connectivity index (χ0n) is 16.2. The molecule has 3 N–H and O–H groups in total. The van der Waals surface area contributed by atoms with E-state index < -0.39 is 11.4 Å². The number of anilines is 2. The highest BCUT2D eigenvalue weighted by atomic mass is 35.5. The van der Waals surface area contributed by atoms with E-state index in [9.17, 15) is 4.39 Å². The first-order valence-corrected chi connectivity index (χ1v) is 9.45. The molecule has 0 saturated carbocycles. The molecule has 2 heterocycles. The number of nitrogens with zero attached hydrogens (tertiary/aromatic N) is 3. The number of aromatic amines is 1. The molecule has 0 spiro atoms. The summed E-state index contributed by atoms with van der Waals surface area (Å²) in [6.07, 6.45) is 0. The van der Waals surface area contributed by atoms with Crippen LogP contribution in [0, 0.1) is 12.7 Å². The van der Waals surface area contributed by atoms with Gasteiger partial charge in [0.15, 0.2) is 0 Å². The number of aromatic nitrogens is 4. The lowest BCUT2D eigenvalue weighted by atomic mass is 9.94. The summed E-state index contributed by atoms with van der Waals surface area (Å²) in [6.45, 7) is 6.18. The number of imidazole rings is 1. The van der Waals surface area contributed by atoms with E-state index in [0.717, 1.165) is 22.2 Å². The Hall–Kier alpha value is -3.13. The minimum Gasteiger partial charge on any atom is -0.408 e. The van der Waals surface area contributed by atoms with Gasteiger partial charge >= 0.3 is 6.01 Å². The highest BCUT2D eigenvalue weighted by molar-refractivity contribution is 6.30. The van der Waals surface area contributed by atoms with Gasteiger partial charge in [-0.25, -0.2) is 9.37 Å². The van der Waals surface area contributed by atoms with Crippen molar-refractivity contribution in [3.63, 3.8) is 0 Å². The quantitative estimate of drug-likeness (QED) is 0.411. The van der Waals surface area contributed by atoms with Crippen LogP contribution in [0.4, 0.5) is 16.4 Å². The van der Waals surface area contributed by atoms with E-state index >= 15 is 0 Å². The molecular formula is C20H20ClFN6O. The van der Waals surface area contributed by atoms with Crippen molar-refractivity contribution >= 4 is 34.6 Å². The molecule has 9 heteroatoms. The number of H-pyrrole nitrogens is 1. The maximum atomic E-state index is 13.5. The van der Waals surface area contributed by atoms with Crippen molar-refractivity contribution in [1.82, 2.24) is 20.2 Å². The van der Waals surface area contributed by atoms with E-state index in [4.69, 9.17) is 21.0 Å². The topological polar surface area (TPSA) is 91.7 Å². The third-order valence-electron chi connectivity index (χ3n) is 4.62. The molecule has 0 radical (unpaired) electrons. The summed E-state index contributed by atoms with van der Waals surface area (Å²) in [7, 11) is 0. The lowest BCUT2D eigenvalue weighted by Crippen LogP contribution is -2.28. The average molecular weight is 415 g/mol. The molecule has 4 aromatic rings. The Labute approximate surface area is 171 Å². The van der Waals surface area contributed by atoms with Crippen LogP contribution in [-0.4, -0.2) is 20.2 Å². The number of halogens is 2. The number of hydrogen-bond acceptors (Lipinski definition) is 6. The van der Waals surface area contributed by atoms with Gasteiger partial charge in [-0.15, -0.1) is 5.10 Å². The Kier molecular flexibility index (Phi) is 4.87. The molecule has 0 aliphatic heterocycles. The summed E-state index contributed by atoms with van der Waals surface area (Å²) in [4.78, 5) is 7.98. The van der Waals surface area contributed by atoms with Gasteiger partial charge in [0.1, 0.15) is 5.82 Å². The summed E-state index contributed by atoms with van der Waals surface area (Å²) in [5, 5.41) is 14.3. The highest BCUT2D eigenvalue weighted by Gasteiger charge is 2.23. The molecule has 29 heavy (non-hydrogen) atoms.